The van der Waals surface area contributed by atoms with E-state index in [9.17, 15) is 71.0 Å². The molecule has 5 amide bonds. The number of carboxylic acids is 1. The van der Waals surface area contributed by atoms with Gasteiger partial charge < -0.3 is 60.1 Å². The highest BCUT2D eigenvalue weighted by molar-refractivity contribution is 6.68. The summed E-state index contributed by atoms with van der Waals surface area (Å²) >= 11 is 59.4. The molecule has 0 radical (unpaired) electrons. The predicted octanol–water partition coefficient (Wildman–Crippen LogP) is 8.29. The highest BCUT2D eigenvalue weighted by atomic mass is 35.6. The van der Waals surface area contributed by atoms with E-state index in [1.54, 1.807) is 69.2 Å². The number of halogens is 14. The van der Waals surface area contributed by atoms with Crippen molar-refractivity contribution in [3.63, 3.8) is 0 Å². The van der Waals surface area contributed by atoms with Gasteiger partial charge in [-0.05, 0) is 135 Å². The molecule has 3 heterocycles. The van der Waals surface area contributed by atoms with Crippen molar-refractivity contribution >= 4 is 199 Å². The van der Waals surface area contributed by atoms with Gasteiger partial charge in [-0.3, -0.25) is 67.8 Å². The summed E-state index contributed by atoms with van der Waals surface area (Å²) in [5, 5.41) is 36.8. The molecule has 30 nitrogen and oxygen atoms in total. The number of nitrogens with two attached hydrogens (primary N) is 1. The van der Waals surface area contributed by atoms with Gasteiger partial charge >= 0.3 is 48.1 Å². The van der Waals surface area contributed by atoms with Crippen LogP contribution < -0.4 is 32.6 Å². The molecule has 44 heteroatoms. The first-order chi connectivity index (χ1) is 46.1. The molecular weight excluding hydrogens is 1620 g/mol. The molecule has 3 aliphatic rings. The van der Waals surface area contributed by atoms with E-state index in [4.69, 9.17) is 177 Å². The third-order valence-corrected chi connectivity index (χ3v) is 13.1. The first-order valence-corrected chi connectivity index (χ1v) is 35.2. The van der Waals surface area contributed by atoms with E-state index in [1.165, 1.54) is 42.7 Å². The number of nitrogens with zero attached hydrogens (tertiary/aromatic N) is 3. The van der Waals surface area contributed by atoms with Crippen LogP contribution in [-0.2, 0) is 81.2 Å². The van der Waals surface area contributed by atoms with Crippen LogP contribution in [0.5, 0.6) is 0 Å². The molecule has 103 heavy (non-hydrogen) atoms. The maximum absolute atomic E-state index is 12.8. The summed E-state index contributed by atoms with van der Waals surface area (Å²) in [4.78, 5) is 140. The zero-order valence-corrected chi connectivity index (χ0v) is 66.7. The number of aliphatic hydroxyl groups is 2. The van der Waals surface area contributed by atoms with Crippen LogP contribution in [0, 0.1) is 11.8 Å². The zero-order chi connectivity index (χ0) is 80.4. The Balaban J connectivity index is -0.000000627. The normalized spacial score (nSPS) is 18.4. The van der Waals surface area contributed by atoms with Crippen molar-refractivity contribution in [1.82, 2.24) is 41.9 Å². The van der Waals surface area contributed by atoms with E-state index in [0.29, 0.717) is 58.2 Å². The van der Waals surface area contributed by atoms with Gasteiger partial charge in [0.25, 0.3) is 17.7 Å². The van der Waals surface area contributed by atoms with Crippen LogP contribution >= 0.6 is 128 Å². The van der Waals surface area contributed by atoms with Crippen LogP contribution in [0.15, 0.2) is 0 Å². The molecule has 0 bridgehead atoms. The number of esters is 5. The predicted molar refractivity (Wildman–Crippen MR) is 382 cm³/mol. The van der Waals surface area contributed by atoms with Crippen LogP contribution in [0.1, 0.15) is 156 Å². The first kappa shape index (κ1) is 106. The number of alkyl carbamates (subject to hydrolysis) is 1. The number of hydrogen-bond acceptors (Lipinski definition) is 24. The summed E-state index contributed by atoms with van der Waals surface area (Å²) in [5.74, 6) is -8.40. The van der Waals surface area contributed by atoms with Crippen molar-refractivity contribution in [2.45, 2.75) is 239 Å². The average Bonchev–Trinajstić information content (AvgIpc) is 0.853. The van der Waals surface area contributed by atoms with Gasteiger partial charge in [-0.1, -0.05) is 112 Å². The number of amides is 5. The second-order valence-corrected chi connectivity index (χ2v) is 33.7. The second-order valence-electron chi connectivity index (χ2n) is 25.4. The number of rotatable bonds is 19. The smallest absolute Gasteiger partial charge is 0.446 e. The molecule has 0 unspecified atom stereocenters. The van der Waals surface area contributed by atoms with Crippen LogP contribution in [-0.4, -0.2) is 230 Å². The summed E-state index contributed by atoms with van der Waals surface area (Å²) in [5.41, 5.74) is 11.8. The average molecular weight is 1720 g/mol. The fourth-order valence-electron chi connectivity index (χ4n) is 7.82. The summed E-state index contributed by atoms with van der Waals surface area (Å²) in [6.07, 6.45) is -6.13. The van der Waals surface area contributed by atoms with E-state index in [-0.39, 0.29) is 44.7 Å². The Labute approximate surface area is 652 Å². The van der Waals surface area contributed by atoms with Gasteiger partial charge in [0.05, 0.1) is 48.3 Å². The van der Waals surface area contributed by atoms with Crippen molar-refractivity contribution in [1.29, 1.82) is 0 Å². The number of nitrogens with one attached hydrogen (secondary N) is 5. The molecule has 10 N–H and O–H groups in total. The van der Waals surface area contributed by atoms with Gasteiger partial charge in [0.15, 0.2) is 0 Å². The SMILES string of the molecule is C.C[C@@H](O)[C@H](CC(=O)OC(C)(C)C)C(=O)O.C[C@H](N)C(=O)N1CCC[C@@H](C(=O)OCC(Cl)(Cl)Cl)N1.C[C@H](NC(=O)OC(C)(C)C)C(=O)N1CCC[C@@H](C(=O)OCC(Cl)(Cl)Cl)N1.C[C@H](NC(=O)[C@@H](CC(=O)OC(C)(C)C)[C@@H](C)O)C(=O)N1CCC[C@@H](C(=O)OCC(Cl)(Cl)Cl)N1.ClCCl.O=CC(F)(F)F. The lowest BCUT2D eigenvalue weighted by molar-refractivity contribution is -0.162. The van der Waals surface area contributed by atoms with E-state index in [1.807, 2.05) is 0 Å². The van der Waals surface area contributed by atoms with Gasteiger partial charge in [-0.15, -0.1) is 23.2 Å². The van der Waals surface area contributed by atoms with E-state index in [2.05, 4.69) is 26.9 Å². The van der Waals surface area contributed by atoms with Gasteiger partial charge in [-0.2, -0.15) is 13.2 Å². The number of carboxylic acid groups (broad SMARTS) is 1. The van der Waals surface area contributed by atoms with Gasteiger partial charge in [0.1, 0.15) is 66.8 Å². The van der Waals surface area contributed by atoms with E-state index in [0.717, 1.165) is 0 Å². The molecule has 0 aromatic heterocycles. The molecular formula is C59H97Cl11F3N9O21. The second kappa shape index (κ2) is 49.4. The van der Waals surface area contributed by atoms with E-state index < -0.39 is 167 Å². The number of ether oxygens (including phenoxy) is 6. The quantitative estimate of drug-likeness (QED) is 0.0254. The standard InChI is InChI=1S/C20H32Cl3N3O7.C15H24Cl3N3O5.C10H16Cl3N3O3.C10H18O5.C2HF3O.CH2Cl2.CH4/c1-11(24-16(29)13(12(2)27)9-15(28)33-19(3,4)5)17(30)26-8-6-7-14(25-26)18(31)32-10-20(21,22)23;1-9(19-13(24)26-14(2,3)4)11(22)21-7-5-6-10(20-21)12(23)25-8-15(16,17)18;1-6(14)8(17)16-4-2-3-7(15-16)9(18)19-5-10(11,12)13;1-6(11)7(9(13)14)5-8(12)15-10(2,3)4;3-2(4,5)1-6;2-1-3;/h11-14,25,27H,6-10H2,1-5H3,(H,24,29);9-10,20H,5-8H2,1-4H3,(H,19,24);6-7,15H,2-5,14H2,1H3;6-7,11H,5H2,1-4H3,(H,13,14);1H;1H2;1H4/t11-,12+,13-,14-;9-,10-;6-,7-;6-,7+;;;/m0001.../s1. The van der Waals surface area contributed by atoms with Gasteiger partial charge in [0, 0.05) is 19.6 Å². The van der Waals surface area contributed by atoms with Crippen molar-refractivity contribution in [3.8, 4) is 0 Å². The number of carbonyl (C=O) groups is 12. The number of aliphatic hydroxyl groups excluding tert-OH is 2. The highest BCUT2D eigenvalue weighted by Crippen LogP contribution is 2.29. The maximum atomic E-state index is 12.8. The van der Waals surface area contributed by atoms with Gasteiger partial charge in [-0.25, -0.2) is 21.1 Å². The van der Waals surface area contributed by atoms with Crippen LogP contribution in [0.4, 0.5) is 18.0 Å². The van der Waals surface area contributed by atoms with Gasteiger partial charge in [0.2, 0.25) is 23.6 Å². The summed E-state index contributed by atoms with van der Waals surface area (Å²) in [6, 6.07) is -4.68. The number of aliphatic carboxylic acids is 1. The number of aldehydes is 1. The minimum atomic E-state index is -4.64. The summed E-state index contributed by atoms with van der Waals surface area (Å²) in [7, 11) is 0. The molecule has 0 spiro atoms. The molecule has 0 aromatic carbocycles. The number of hydrazine groups is 3. The Morgan fingerprint density at radius 2 is 0.796 bits per heavy atom. The fraction of sp³-hybridized carbons (Fsp3) is 0.797. The minimum absolute atomic E-state index is 0. The molecule has 3 saturated heterocycles. The minimum Gasteiger partial charge on any atom is -0.481 e. The zero-order valence-electron chi connectivity index (χ0n) is 58.4. The molecule has 3 fully saturated rings. The maximum Gasteiger partial charge on any atom is 0.446 e. The monoisotopic (exact) mass is 1710 g/mol. The van der Waals surface area contributed by atoms with Crippen molar-refractivity contribution in [2.24, 2.45) is 17.6 Å². The molecule has 0 aliphatic carbocycles. The molecule has 10 atom stereocenters. The Kier molecular flexibility index (Phi) is 50.7. The van der Waals surface area contributed by atoms with Crippen LogP contribution in [0.3, 0.4) is 0 Å². The molecule has 0 saturated carbocycles. The lowest BCUT2D eigenvalue weighted by Gasteiger charge is -2.34. The summed E-state index contributed by atoms with van der Waals surface area (Å²) < 4.78 is 56.2. The summed E-state index contributed by atoms with van der Waals surface area (Å²) in [6.45, 7) is 22.6. The Hall–Kier alpha value is -3.62. The third kappa shape index (κ3) is 53.8. The van der Waals surface area contributed by atoms with Crippen LogP contribution in [0.2, 0.25) is 0 Å². The topological polar surface area (TPSA) is 417 Å². The third-order valence-electron chi connectivity index (χ3n) is 12.1. The molecule has 602 valence electrons. The number of hydrogen-bond donors (Lipinski definition) is 9. The first-order valence-electron chi connectivity index (χ1n) is 30.8. The van der Waals surface area contributed by atoms with Crippen molar-refractivity contribution < 1.29 is 114 Å². The largest absolute Gasteiger partial charge is 0.481 e. The van der Waals surface area contributed by atoms with Crippen molar-refractivity contribution in [2.75, 3.05) is 44.8 Å². The molecule has 0 aromatic rings. The molecule has 3 aliphatic heterocycles. The fourth-order valence-corrected chi connectivity index (χ4v) is 8.31. The van der Waals surface area contributed by atoms with Crippen LogP contribution in [0.25, 0.3) is 0 Å². The van der Waals surface area contributed by atoms with E-state index >= 15 is 0 Å². The lowest BCUT2D eigenvalue weighted by Crippen LogP contribution is -2.60. The highest BCUT2D eigenvalue weighted by Gasteiger charge is 2.38. The van der Waals surface area contributed by atoms with Crippen molar-refractivity contribution in [3.05, 3.63) is 0 Å². The lowest BCUT2D eigenvalue weighted by atomic mass is 9.98. The Morgan fingerprint density at radius 3 is 1.04 bits per heavy atom. The molecule has 3 rings (SSSR count). The Bertz CT molecular complexity index is 2690. The Morgan fingerprint density at radius 1 is 0.524 bits per heavy atom. The number of alkyl halides is 14. The number of carbonyl (C=O) groups excluding carboxylic acids is 11.